The lowest BCUT2D eigenvalue weighted by atomic mass is 10.1. The summed E-state index contributed by atoms with van der Waals surface area (Å²) in [6.45, 7) is 4.59. The lowest BCUT2D eigenvalue weighted by molar-refractivity contribution is 0.263. The summed E-state index contributed by atoms with van der Waals surface area (Å²) in [6.07, 6.45) is 5.62. The van der Waals surface area contributed by atoms with Crippen LogP contribution in [-0.2, 0) is 6.42 Å². The molecule has 0 amide bonds. The van der Waals surface area contributed by atoms with Crippen molar-refractivity contribution in [3.05, 3.63) is 28.6 Å². The number of halogens is 1. The molecule has 2 aromatic rings. The molecule has 2 aromatic heterocycles. The van der Waals surface area contributed by atoms with Gasteiger partial charge in [-0.05, 0) is 38.1 Å². The standard InChI is InChI=1S/C13H17BrN4/c1-2-17-6-3-4-11(17)9-13-16-15-12-8-10(14)5-7-18(12)13/h5,7-8,11H,2-4,6,9H2,1H3. The molecule has 0 radical (unpaired) electrons. The highest BCUT2D eigenvalue weighted by Crippen LogP contribution is 2.21. The summed E-state index contributed by atoms with van der Waals surface area (Å²) in [7, 11) is 0. The van der Waals surface area contributed by atoms with Crippen LogP contribution in [-0.4, -0.2) is 38.6 Å². The molecule has 1 aliphatic heterocycles. The Labute approximate surface area is 115 Å². The highest BCUT2D eigenvalue weighted by molar-refractivity contribution is 9.10. The third-order valence-electron chi connectivity index (χ3n) is 3.77. The molecule has 96 valence electrons. The molecule has 1 fully saturated rings. The van der Waals surface area contributed by atoms with Crippen molar-refractivity contribution in [1.82, 2.24) is 19.5 Å². The third kappa shape index (κ3) is 2.17. The normalized spacial score (nSPS) is 20.9. The Morgan fingerprint density at radius 2 is 2.33 bits per heavy atom. The van der Waals surface area contributed by atoms with E-state index in [1.54, 1.807) is 0 Å². The van der Waals surface area contributed by atoms with E-state index < -0.39 is 0 Å². The number of hydrogen-bond donors (Lipinski definition) is 0. The van der Waals surface area contributed by atoms with E-state index in [4.69, 9.17) is 0 Å². The summed E-state index contributed by atoms with van der Waals surface area (Å²) < 4.78 is 3.14. The van der Waals surface area contributed by atoms with Crippen molar-refractivity contribution in [2.75, 3.05) is 13.1 Å². The van der Waals surface area contributed by atoms with Crippen LogP contribution in [0.15, 0.2) is 22.8 Å². The zero-order chi connectivity index (χ0) is 12.5. The third-order valence-corrected chi connectivity index (χ3v) is 4.26. The van der Waals surface area contributed by atoms with Gasteiger partial charge in [0.15, 0.2) is 5.65 Å². The van der Waals surface area contributed by atoms with Crippen LogP contribution < -0.4 is 0 Å². The van der Waals surface area contributed by atoms with Gasteiger partial charge in [-0.25, -0.2) is 0 Å². The van der Waals surface area contributed by atoms with E-state index in [1.165, 1.54) is 19.4 Å². The van der Waals surface area contributed by atoms with E-state index in [-0.39, 0.29) is 0 Å². The molecule has 0 saturated carbocycles. The van der Waals surface area contributed by atoms with E-state index in [1.807, 2.05) is 18.3 Å². The summed E-state index contributed by atoms with van der Waals surface area (Å²) in [5.74, 6) is 1.07. The highest BCUT2D eigenvalue weighted by Gasteiger charge is 2.24. The first kappa shape index (κ1) is 12.1. The van der Waals surface area contributed by atoms with Gasteiger partial charge in [0.2, 0.25) is 0 Å². The number of likely N-dealkylation sites (N-methyl/N-ethyl adjacent to an activating group) is 1. The van der Waals surface area contributed by atoms with Gasteiger partial charge in [0.05, 0.1) is 0 Å². The monoisotopic (exact) mass is 308 g/mol. The minimum Gasteiger partial charge on any atom is -0.300 e. The van der Waals surface area contributed by atoms with Gasteiger partial charge in [-0.2, -0.15) is 0 Å². The second-order valence-electron chi connectivity index (χ2n) is 4.82. The summed E-state index contributed by atoms with van der Waals surface area (Å²) in [5.41, 5.74) is 0.917. The Kier molecular flexibility index (Phi) is 3.35. The Hall–Kier alpha value is -0.940. The summed E-state index contributed by atoms with van der Waals surface area (Å²) in [4.78, 5) is 2.54. The molecule has 0 spiro atoms. The average Bonchev–Trinajstić information content (AvgIpc) is 2.96. The summed E-state index contributed by atoms with van der Waals surface area (Å²) in [6, 6.07) is 4.67. The molecule has 1 unspecified atom stereocenters. The Morgan fingerprint density at radius 3 is 3.17 bits per heavy atom. The molecule has 0 aliphatic carbocycles. The van der Waals surface area contributed by atoms with Gasteiger partial charge >= 0.3 is 0 Å². The molecular formula is C13H17BrN4. The lowest BCUT2D eigenvalue weighted by Crippen LogP contribution is -2.31. The van der Waals surface area contributed by atoms with E-state index in [0.29, 0.717) is 6.04 Å². The lowest BCUT2D eigenvalue weighted by Gasteiger charge is -2.21. The van der Waals surface area contributed by atoms with Crippen LogP contribution in [0, 0.1) is 0 Å². The predicted octanol–water partition coefficient (Wildman–Crippen LogP) is 2.52. The van der Waals surface area contributed by atoms with Gasteiger partial charge in [0, 0.05) is 23.1 Å². The fourth-order valence-electron chi connectivity index (χ4n) is 2.81. The SMILES string of the molecule is CCN1CCCC1Cc1nnc2cc(Br)ccn12. The Balaban J connectivity index is 1.86. The van der Waals surface area contributed by atoms with Crippen molar-refractivity contribution in [2.24, 2.45) is 0 Å². The second kappa shape index (κ2) is 4.97. The number of nitrogens with zero attached hydrogens (tertiary/aromatic N) is 4. The number of likely N-dealkylation sites (tertiary alicyclic amines) is 1. The first-order chi connectivity index (χ1) is 8.78. The topological polar surface area (TPSA) is 33.4 Å². The minimum atomic E-state index is 0.631. The number of hydrogen-bond acceptors (Lipinski definition) is 3. The van der Waals surface area contributed by atoms with Crippen LogP contribution in [0.5, 0.6) is 0 Å². The predicted molar refractivity (Wildman–Crippen MR) is 74.7 cm³/mol. The Morgan fingerprint density at radius 1 is 1.44 bits per heavy atom. The molecule has 3 heterocycles. The van der Waals surface area contributed by atoms with Gasteiger partial charge in [-0.1, -0.05) is 22.9 Å². The van der Waals surface area contributed by atoms with Gasteiger partial charge < -0.3 is 4.90 Å². The van der Waals surface area contributed by atoms with E-state index >= 15 is 0 Å². The van der Waals surface area contributed by atoms with E-state index in [2.05, 4.69) is 42.4 Å². The fraction of sp³-hybridized carbons (Fsp3) is 0.538. The van der Waals surface area contributed by atoms with Crippen LogP contribution in [0.2, 0.25) is 0 Å². The van der Waals surface area contributed by atoms with Crippen molar-refractivity contribution < 1.29 is 0 Å². The van der Waals surface area contributed by atoms with Crippen LogP contribution >= 0.6 is 15.9 Å². The first-order valence-electron chi connectivity index (χ1n) is 6.51. The maximum absolute atomic E-state index is 4.33. The molecule has 1 saturated heterocycles. The van der Waals surface area contributed by atoms with Gasteiger partial charge in [-0.15, -0.1) is 10.2 Å². The molecule has 1 atom stereocenters. The summed E-state index contributed by atoms with van der Waals surface area (Å²) >= 11 is 3.46. The molecule has 1 aliphatic rings. The fourth-order valence-corrected chi connectivity index (χ4v) is 3.13. The zero-order valence-electron chi connectivity index (χ0n) is 10.5. The Bertz CT molecular complexity index is 551. The largest absolute Gasteiger partial charge is 0.300 e. The van der Waals surface area contributed by atoms with Crippen LogP contribution in [0.3, 0.4) is 0 Å². The van der Waals surface area contributed by atoms with Crippen LogP contribution in [0.25, 0.3) is 5.65 Å². The zero-order valence-corrected chi connectivity index (χ0v) is 12.1. The van der Waals surface area contributed by atoms with Crippen molar-refractivity contribution in [2.45, 2.75) is 32.2 Å². The molecule has 0 aromatic carbocycles. The van der Waals surface area contributed by atoms with Crippen molar-refractivity contribution in [3.63, 3.8) is 0 Å². The highest BCUT2D eigenvalue weighted by atomic mass is 79.9. The van der Waals surface area contributed by atoms with Gasteiger partial charge in [-0.3, -0.25) is 4.40 Å². The van der Waals surface area contributed by atoms with Crippen LogP contribution in [0.1, 0.15) is 25.6 Å². The van der Waals surface area contributed by atoms with Crippen molar-refractivity contribution >= 4 is 21.6 Å². The van der Waals surface area contributed by atoms with Crippen molar-refractivity contribution in [1.29, 1.82) is 0 Å². The number of aromatic nitrogens is 3. The van der Waals surface area contributed by atoms with E-state index in [0.717, 1.165) is 28.9 Å². The van der Waals surface area contributed by atoms with E-state index in [9.17, 15) is 0 Å². The average molecular weight is 309 g/mol. The van der Waals surface area contributed by atoms with Gasteiger partial charge in [0.1, 0.15) is 5.82 Å². The smallest absolute Gasteiger partial charge is 0.161 e. The maximum Gasteiger partial charge on any atom is 0.161 e. The molecular weight excluding hydrogens is 292 g/mol. The molecule has 4 nitrogen and oxygen atoms in total. The van der Waals surface area contributed by atoms with Crippen LogP contribution in [0.4, 0.5) is 0 Å². The molecule has 0 bridgehead atoms. The summed E-state index contributed by atoms with van der Waals surface area (Å²) in [5, 5.41) is 8.57. The minimum absolute atomic E-state index is 0.631. The number of pyridine rings is 1. The number of rotatable bonds is 3. The first-order valence-corrected chi connectivity index (χ1v) is 7.30. The molecule has 18 heavy (non-hydrogen) atoms. The number of fused-ring (bicyclic) bond motifs is 1. The quantitative estimate of drug-likeness (QED) is 0.873. The van der Waals surface area contributed by atoms with Gasteiger partial charge in [0.25, 0.3) is 0 Å². The van der Waals surface area contributed by atoms with Crippen molar-refractivity contribution in [3.8, 4) is 0 Å². The molecule has 5 heteroatoms. The maximum atomic E-state index is 4.33. The second-order valence-corrected chi connectivity index (χ2v) is 5.73. The molecule has 0 N–H and O–H groups in total. The molecule has 3 rings (SSSR count).